The van der Waals surface area contributed by atoms with Crippen molar-refractivity contribution in [2.75, 3.05) is 5.84 Å². The molecule has 2 rings (SSSR count). The summed E-state index contributed by atoms with van der Waals surface area (Å²) in [6, 6.07) is 1.68. The number of nitrogens with one attached hydrogen (secondary N) is 2. The van der Waals surface area contributed by atoms with Crippen molar-refractivity contribution >= 4 is 11.0 Å². The smallest absolute Gasteiger partial charge is 0.347 e. The second-order valence-corrected chi connectivity index (χ2v) is 2.85. The SMILES string of the molecule is Cc1cc2[nH]c(=O)n(N)c(=O)c2[nH]1. The van der Waals surface area contributed by atoms with Crippen molar-refractivity contribution < 1.29 is 0 Å². The van der Waals surface area contributed by atoms with Crippen LogP contribution < -0.4 is 17.1 Å². The van der Waals surface area contributed by atoms with Crippen LogP contribution in [0.25, 0.3) is 11.0 Å². The third-order valence-electron chi connectivity index (χ3n) is 1.85. The Kier molecular flexibility index (Phi) is 1.33. The van der Waals surface area contributed by atoms with Gasteiger partial charge in [0.1, 0.15) is 5.52 Å². The number of H-pyrrole nitrogens is 2. The monoisotopic (exact) mass is 180 g/mol. The van der Waals surface area contributed by atoms with Gasteiger partial charge in [-0.1, -0.05) is 0 Å². The normalized spacial score (nSPS) is 10.8. The fourth-order valence-electron chi connectivity index (χ4n) is 1.24. The van der Waals surface area contributed by atoms with Crippen LogP contribution in [0, 0.1) is 6.92 Å². The van der Waals surface area contributed by atoms with E-state index in [1.54, 1.807) is 13.0 Å². The summed E-state index contributed by atoms with van der Waals surface area (Å²) < 4.78 is 0.540. The van der Waals surface area contributed by atoms with Gasteiger partial charge in [0, 0.05) is 5.69 Å². The summed E-state index contributed by atoms with van der Waals surface area (Å²) in [6.45, 7) is 1.79. The summed E-state index contributed by atoms with van der Waals surface area (Å²) in [6.07, 6.45) is 0. The second kappa shape index (κ2) is 2.25. The van der Waals surface area contributed by atoms with E-state index in [9.17, 15) is 9.59 Å². The molecule has 2 aromatic heterocycles. The minimum absolute atomic E-state index is 0.319. The molecular formula is C7H8N4O2. The largest absolute Gasteiger partial charge is 0.353 e. The van der Waals surface area contributed by atoms with Gasteiger partial charge in [0.05, 0.1) is 5.52 Å². The lowest BCUT2D eigenvalue weighted by molar-refractivity contribution is 0.854. The number of rotatable bonds is 0. The van der Waals surface area contributed by atoms with Gasteiger partial charge in [0.2, 0.25) is 0 Å². The van der Waals surface area contributed by atoms with E-state index >= 15 is 0 Å². The van der Waals surface area contributed by atoms with Crippen molar-refractivity contribution in [2.45, 2.75) is 6.92 Å². The Bertz CT molecular complexity index is 574. The van der Waals surface area contributed by atoms with Gasteiger partial charge in [-0.15, -0.1) is 0 Å². The molecule has 0 fully saturated rings. The molecule has 0 saturated heterocycles. The molecule has 0 aliphatic rings. The van der Waals surface area contributed by atoms with Gasteiger partial charge < -0.3 is 15.8 Å². The van der Waals surface area contributed by atoms with Crippen molar-refractivity contribution in [2.24, 2.45) is 0 Å². The van der Waals surface area contributed by atoms with Crippen LogP contribution in [0.2, 0.25) is 0 Å². The fraction of sp³-hybridized carbons (Fsp3) is 0.143. The molecule has 6 heteroatoms. The van der Waals surface area contributed by atoms with Gasteiger partial charge >= 0.3 is 5.69 Å². The van der Waals surface area contributed by atoms with E-state index in [1.165, 1.54) is 0 Å². The molecule has 0 aliphatic carbocycles. The quantitative estimate of drug-likeness (QED) is 0.455. The number of nitrogens with zero attached hydrogens (tertiary/aromatic N) is 1. The molecule has 0 atom stereocenters. The average Bonchev–Trinajstić information content (AvgIpc) is 2.42. The average molecular weight is 180 g/mol. The number of aryl methyl sites for hydroxylation is 1. The molecule has 0 bridgehead atoms. The molecule has 68 valence electrons. The number of hydrogen-bond donors (Lipinski definition) is 3. The number of hydrogen-bond acceptors (Lipinski definition) is 3. The van der Waals surface area contributed by atoms with Gasteiger partial charge in [0.25, 0.3) is 5.56 Å². The standard InChI is InChI=1S/C7H8N4O2/c1-3-2-4-5(9-3)6(12)11(8)7(13)10-4/h2,9H,8H2,1H3,(H,10,13). The molecule has 0 unspecified atom stereocenters. The van der Waals surface area contributed by atoms with E-state index in [2.05, 4.69) is 9.97 Å². The van der Waals surface area contributed by atoms with E-state index in [1.807, 2.05) is 0 Å². The van der Waals surface area contributed by atoms with Crippen molar-refractivity contribution in [3.05, 3.63) is 32.6 Å². The van der Waals surface area contributed by atoms with Crippen LogP contribution >= 0.6 is 0 Å². The molecule has 2 aromatic rings. The molecule has 0 aromatic carbocycles. The van der Waals surface area contributed by atoms with Crippen LogP contribution in [0.1, 0.15) is 5.69 Å². The highest BCUT2D eigenvalue weighted by atomic mass is 16.2. The summed E-state index contributed by atoms with van der Waals surface area (Å²) in [5.41, 5.74) is 0.464. The number of aromatic nitrogens is 3. The molecule has 0 aliphatic heterocycles. The zero-order valence-electron chi connectivity index (χ0n) is 6.92. The lowest BCUT2D eigenvalue weighted by atomic mass is 10.4. The number of fused-ring (bicyclic) bond motifs is 1. The maximum Gasteiger partial charge on any atom is 0.347 e. The number of nitrogen functional groups attached to an aromatic ring is 1. The molecule has 0 amide bonds. The second-order valence-electron chi connectivity index (χ2n) is 2.85. The zero-order chi connectivity index (χ0) is 9.59. The predicted molar refractivity (Wildman–Crippen MR) is 48.1 cm³/mol. The Balaban J connectivity index is 3.10. The van der Waals surface area contributed by atoms with Crippen LogP contribution in [0.4, 0.5) is 0 Å². The number of nitrogens with two attached hydrogens (primary N) is 1. The topological polar surface area (TPSA) is 96.7 Å². The molecule has 0 saturated carbocycles. The highest BCUT2D eigenvalue weighted by molar-refractivity contribution is 5.74. The molecule has 0 radical (unpaired) electrons. The third kappa shape index (κ3) is 0.952. The molecule has 4 N–H and O–H groups in total. The summed E-state index contributed by atoms with van der Waals surface area (Å²) >= 11 is 0. The summed E-state index contributed by atoms with van der Waals surface area (Å²) in [5, 5.41) is 0. The lowest BCUT2D eigenvalue weighted by Gasteiger charge is -1.94. The Morgan fingerprint density at radius 2 is 2.08 bits per heavy atom. The first-order chi connectivity index (χ1) is 6.09. The van der Waals surface area contributed by atoms with Crippen LogP contribution in [0.5, 0.6) is 0 Å². The van der Waals surface area contributed by atoms with Crippen molar-refractivity contribution in [1.82, 2.24) is 14.6 Å². The van der Waals surface area contributed by atoms with Crippen molar-refractivity contribution in [3.63, 3.8) is 0 Å². The maximum absolute atomic E-state index is 11.3. The van der Waals surface area contributed by atoms with Crippen LogP contribution in [-0.2, 0) is 0 Å². The zero-order valence-corrected chi connectivity index (χ0v) is 6.92. The maximum atomic E-state index is 11.3. The Labute approximate surface area is 72.0 Å². The summed E-state index contributed by atoms with van der Waals surface area (Å²) in [4.78, 5) is 27.7. The van der Waals surface area contributed by atoms with Crippen LogP contribution in [0.3, 0.4) is 0 Å². The molecule has 6 nitrogen and oxygen atoms in total. The molecular weight excluding hydrogens is 172 g/mol. The van der Waals surface area contributed by atoms with E-state index in [0.717, 1.165) is 5.69 Å². The third-order valence-corrected chi connectivity index (χ3v) is 1.85. The first-order valence-corrected chi connectivity index (χ1v) is 3.69. The molecule has 0 spiro atoms. The predicted octanol–water partition coefficient (Wildman–Crippen LogP) is -0.960. The van der Waals surface area contributed by atoms with E-state index in [0.29, 0.717) is 15.7 Å². The number of aromatic amines is 2. The minimum atomic E-state index is -0.614. The van der Waals surface area contributed by atoms with Crippen molar-refractivity contribution in [1.29, 1.82) is 0 Å². The first-order valence-electron chi connectivity index (χ1n) is 3.69. The highest BCUT2D eigenvalue weighted by Crippen LogP contribution is 2.04. The summed E-state index contributed by atoms with van der Waals surface area (Å²) in [5.74, 6) is 5.20. The van der Waals surface area contributed by atoms with E-state index < -0.39 is 11.2 Å². The van der Waals surface area contributed by atoms with Gasteiger partial charge in [-0.25, -0.2) is 4.79 Å². The lowest BCUT2D eigenvalue weighted by Crippen LogP contribution is -2.40. The Hall–Kier alpha value is -1.98. The van der Waals surface area contributed by atoms with Gasteiger partial charge in [-0.3, -0.25) is 4.79 Å². The van der Waals surface area contributed by atoms with Crippen LogP contribution in [0.15, 0.2) is 15.7 Å². The van der Waals surface area contributed by atoms with Gasteiger partial charge in [-0.05, 0) is 13.0 Å². The van der Waals surface area contributed by atoms with E-state index in [-0.39, 0.29) is 0 Å². The van der Waals surface area contributed by atoms with E-state index in [4.69, 9.17) is 5.84 Å². The first kappa shape index (κ1) is 7.66. The fourth-order valence-corrected chi connectivity index (χ4v) is 1.24. The van der Waals surface area contributed by atoms with Gasteiger partial charge in [0.15, 0.2) is 0 Å². The summed E-state index contributed by atoms with van der Waals surface area (Å²) in [7, 11) is 0. The van der Waals surface area contributed by atoms with Crippen LogP contribution in [-0.4, -0.2) is 14.6 Å². The molecule has 13 heavy (non-hydrogen) atoms. The highest BCUT2D eigenvalue weighted by Gasteiger charge is 2.06. The minimum Gasteiger partial charge on any atom is -0.353 e. The Morgan fingerprint density at radius 1 is 1.38 bits per heavy atom. The Morgan fingerprint density at radius 3 is 2.77 bits per heavy atom. The van der Waals surface area contributed by atoms with Crippen molar-refractivity contribution in [3.8, 4) is 0 Å². The van der Waals surface area contributed by atoms with Gasteiger partial charge in [-0.2, -0.15) is 4.68 Å². The molecule has 2 heterocycles.